The second kappa shape index (κ2) is 3.62. The van der Waals surface area contributed by atoms with Gasteiger partial charge in [-0.3, -0.25) is 4.68 Å². The number of aromatic nitrogens is 4. The van der Waals surface area contributed by atoms with Crippen LogP contribution in [0.2, 0.25) is 5.15 Å². The van der Waals surface area contributed by atoms with E-state index >= 15 is 0 Å². The van der Waals surface area contributed by atoms with E-state index in [1.54, 1.807) is 17.8 Å². The van der Waals surface area contributed by atoms with Crippen LogP contribution in [0.25, 0.3) is 11.6 Å². The number of hydrogen-bond acceptors (Lipinski definition) is 5. The van der Waals surface area contributed by atoms with Gasteiger partial charge in [-0.25, -0.2) is 0 Å². The SMILES string of the molecule is CSc1nnc(-c2cc(Cl)nn2C)o1. The molecule has 2 heterocycles. The van der Waals surface area contributed by atoms with Crippen LogP contribution >= 0.6 is 23.4 Å². The fraction of sp³-hybridized carbons (Fsp3) is 0.286. The highest BCUT2D eigenvalue weighted by Crippen LogP contribution is 2.23. The number of hydrogen-bond donors (Lipinski definition) is 0. The zero-order valence-corrected chi connectivity index (χ0v) is 9.13. The van der Waals surface area contributed by atoms with E-state index in [9.17, 15) is 0 Å². The van der Waals surface area contributed by atoms with Crippen LogP contribution in [0.3, 0.4) is 0 Å². The topological polar surface area (TPSA) is 56.7 Å². The Morgan fingerprint density at radius 3 is 2.79 bits per heavy atom. The quantitative estimate of drug-likeness (QED) is 0.737. The molecule has 2 aromatic heterocycles. The molecule has 0 spiro atoms. The molecule has 0 saturated carbocycles. The van der Waals surface area contributed by atoms with Crippen molar-refractivity contribution in [3.05, 3.63) is 11.2 Å². The summed E-state index contributed by atoms with van der Waals surface area (Å²) in [6, 6.07) is 1.68. The molecule has 14 heavy (non-hydrogen) atoms. The summed E-state index contributed by atoms with van der Waals surface area (Å²) in [4.78, 5) is 0. The summed E-state index contributed by atoms with van der Waals surface area (Å²) in [5.74, 6) is 0.427. The zero-order valence-electron chi connectivity index (χ0n) is 7.56. The van der Waals surface area contributed by atoms with Crippen molar-refractivity contribution in [2.45, 2.75) is 5.22 Å². The predicted molar refractivity (Wildman–Crippen MR) is 53.3 cm³/mol. The first kappa shape index (κ1) is 9.54. The molecule has 2 rings (SSSR count). The van der Waals surface area contributed by atoms with Gasteiger partial charge < -0.3 is 4.42 Å². The van der Waals surface area contributed by atoms with Crippen LogP contribution in [0, 0.1) is 0 Å². The van der Waals surface area contributed by atoms with Crippen molar-refractivity contribution in [1.29, 1.82) is 0 Å². The highest BCUT2D eigenvalue weighted by molar-refractivity contribution is 7.98. The van der Waals surface area contributed by atoms with Gasteiger partial charge in [0.05, 0.1) is 0 Å². The zero-order chi connectivity index (χ0) is 10.1. The Morgan fingerprint density at radius 2 is 2.29 bits per heavy atom. The van der Waals surface area contributed by atoms with Gasteiger partial charge in [0.25, 0.3) is 11.1 Å². The Balaban J connectivity index is 2.43. The first-order chi connectivity index (χ1) is 6.70. The van der Waals surface area contributed by atoms with Crippen molar-refractivity contribution in [2.75, 3.05) is 6.26 Å². The molecule has 2 aromatic rings. The summed E-state index contributed by atoms with van der Waals surface area (Å²) in [5, 5.41) is 12.6. The Hall–Kier alpha value is -1.01. The molecule has 0 aliphatic carbocycles. The number of halogens is 1. The van der Waals surface area contributed by atoms with Crippen LogP contribution in [-0.4, -0.2) is 26.2 Å². The molecule has 0 aliphatic heterocycles. The summed E-state index contributed by atoms with van der Waals surface area (Å²) in [6.45, 7) is 0. The lowest BCUT2D eigenvalue weighted by atomic mass is 10.4. The van der Waals surface area contributed by atoms with Gasteiger partial charge in [0, 0.05) is 13.1 Å². The van der Waals surface area contributed by atoms with Crippen molar-refractivity contribution in [2.24, 2.45) is 7.05 Å². The third kappa shape index (κ3) is 1.62. The van der Waals surface area contributed by atoms with Crippen molar-refractivity contribution in [3.8, 4) is 11.6 Å². The molecule has 5 nitrogen and oxygen atoms in total. The van der Waals surface area contributed by atoms with Crippen LogP contribution < -0.4 is 0 Å². The van der Waals surface area contributed by atoms with Gasteiger partial charge in [0.15, 0.2) is 5.15 Å². The van der Waals surface area contributed by atoms with E-state index in [0.29, 0.717) is 22.0 Å². The minimum absolute atomic E-state index is 0.409. The Kier molecular flexibility index (Phi) is 2.47. The maximum atomic E-state index is 5.73. The largest absolute Gasteiger partial charge is 0.410 e. The first-order valence-electron chi connectivity index (χ1n) is 3.78. The molecule has 0 N–H and O–H groups in total. The van der Waals surface area contributed by atoms with Gasteiger partial charge in [-0.05, 0) is 6.26 Å². The minimum Gasteiger partial charge on any atom is -0.410 e. The number of aryl methyl sites for hydroxylation is 1. The molecular formula is C7H7ClN4OS. The van der Waals surface area contributed by atoms with Gasteiger partial charge in [0.2, 0.25) is 0 Å². The molecule has 7 heteroatoms. The van der Waals surface area contributed by atoms with E-state index in [-0.39, 0.29) is 0 Å². The number of nitrogens with zero attached hydrogens (tertiary/aromatic N) is 4. The summed E-state index contributed by atoms with van der Waals surface area (Å²) in [5.41, 5.74) is 0.711. The van der Waals surface area contributed by atoms with Crippen LogP contribution in [0.4, 0.5) is 0 Å². The normalized spacial score (nSPS) is 10.8. The standard InChI is InChI=1S/C7H7ClN4OS/c1-12-4(3-5(8)11-12)6-9-10-7(13-6)14-2/h3H,1-2H3. The van der Waals surface area contributed by atoms with Gasteiger partial charge in [-0.15, -0.1) is 10.2 Å². The molecule has 0 aromatic carbocycles. The summed E-state index contributed by atoms with van der Waals surface area (Å²) in [6.07, 6.45) is 1.87. The molecule has 74 valence electrons. The molecule has 0 amide bonds. The van der Waals surface area contributed by atoms with E-state index in [4.69, 9.17) is 16.0 Å². The van der Waals surface area contributed by atoms with Crippen molar-refractivity contribution in [3.63, 3.8) is 0 Å². The smallest absolute Gasteiger partial charge is 0.276 e. The van der Waals surface area contributed by atoms with Crippen molar-refractivity contribution in [1.82, 2.24) is 20.0 Å². The third-order valence-electron chi connectivity index (χ3n) is 1.65. The van der Waals surface area contributed by atoms with E-state index in [1.165, 1.54) is 11.8 Å². The minimum atomic E-state index is 0.409. The molecule has 0 saturated heterocycles. The fourth-order valence-corrected chi connectivity index (χ4v) is 1.53. The highest BCUT2D eigenvalue weighted by atomic mass is 35.5. The van der Waals surface area contributed by atoms with Crippen LogP contribution in [0.5, 0.6) is 0 Å². The average Bonchev–Trinajstić information content (AvgIpc) is 2.71. The summed E-state index contributed by atoms with van der Waals surface area (Å²) in [7, 11) is 1.77. The van der Waals surface area contributed by atoms with Crippen LogP contribution in [-0.2, 0) is 7.05 Å². The highest BCUT2D eigenvalue weighted by Gasteiger charge is 2.12. The van der Waals surface area contributed by atoms with Crippen molar-refractivity contribution >= 4 is 23.4 Å². The Bertz CT molecular complexity index is 452. The molecule has 0 radical (unpaired) electrons. The lowest BCUT2D eigenvalue weighted by Gasteiger charge is -1.92. The van der Waals surface area contributed by atoms with Gasteiger partial charge >= 0.3 is 0 Å². The third-order valence-corrected chi connectivity index (χ3v) is 2.35. The molecule has 0 fully saturated rings. The second-order valence-electron chi connectivity index (χ2n) is 2.55. The second-order valence-corrected chi connectivity index (χ2v) is 3.70. The molecule has 0 aliphatic rings. The monoisotopic (exact) mass is 230 g/mol. The van der Waals surface area contributed by atoms with E-state index in [1.807, 2.05) is 6.26 Å². The fourth-order valence-electron chi connectivity index (χ4n) is 1.03. The van der Waals surface area contributed by atoms with E-state index in [0.717, 1.165) is 0 Å². The summed E-state index contributed by atoms with van der Waals surface area (Å²) >= 11 is 7.12. The lowest BCUT2D eigenvalue weighted by Crippen LogP contribution is -1.93. The molecule has 0 atom stereocenters. The van der Waals surface area contributed by atoms with E-state index in [2.05, 4.69) is 15.3 Å². The average molecular weight is 231 g/mol. The van der Waals surface area contributed by atoms with Gasteiger partial charge in [0.1, 0.15) is 5.69 Å². The number of rotatable bonds is 2. The Morgan fingerprint density at radius 1 is 1.50 bits per heavy atom. The maximum Gasteiger partial charge on any atom is 0.276 e. The summed E-state index contributed by atoms with van der Waals surface area (Å²) < 4.78 is 6.93. The van der Waals surface area contributed by atoms with Gasteiger partial charge in [-0.2, -0.15) is 5.10 Å². The molecule has 0 bridgehead atoms. The van der Waals surface area contributed by atoms with Crippen molar-refractivity contribution < 1.29 is 4.42 Å². The van der Waals surface area contributed by atoms with Crippen LogP contribution in [0.15, 0.2) is 15.7 Å². The predicted octanol–water partition coefficient (Wildman–Crippen LogP) is 1.85. The van der Waals surface area contributed by atoms with Crippen LogP contribution in [0.1, 0.15) is 0 Å². The number of thioether (sulfide) groups is 1. The maximum absolute atomic E-state index is 5.73. The molecule has 0 unspecified atom stereocenters. The van der Waals surface area contributed by atoms with Gasteiger partial charge in [-0.1, -0.05) is 23.4 Å². The molecular weight excluding hydrogens is 224 g/mol. The van der Waals surface area contributed by atoms with E-state index < -0.39 is 0 Å². The Labute approximate surface area is 89.5 Å². The first-order valence-corrected chi connectivity index (χ1v) is 5.38. The lowest BCUT2D eigenvalue weighted by molar-refractivity contribution is 0.462.